The zero-order chi connectivity index (χ0) is 14.6. The van der Waals surface area contributed by atoms with Gasteiger partial charge in [0.2, 0.25) is 5.91 Å². The molecule has 1 aromatic rings. The molecule has 0 unspecified atom stereocenters. The van der Waals surface area contributed by atoms with Gasteiger partial charge in [-0.25, -0.2) is 8.42 Å². The Labute approximate surface area is 124 Å². The number of hydrogen-bond acceptors (Lipinski definition) is 3. The number of carbonyl (C=O) groups is 1. The van der Waals surface area contributed by atoms with Crippen LogP contribution in [0.1, 0.15) is 18.4 Å². The van der Waals surface area contributed by atoms with Crippen molar-refractivity contribution in [3.05, 3.63) is 34.9 Å². The second-order valence-corrected chi connectivity index (χ2v) is 7.84. The van der Waals surface area contributed by atoms with Crippen LogP contribution < -0.4 is 5.32 Å². The smallest absolute Gasteiger partial charge is 0.223 e. The fraction of sp³-hybridized carbons (Fsp3) is 0.500. The number of amides is 1. The summed E-state index contributed by atoms with van der Waals surface area (Å²) in [5.41, 5.74) is 1.07. The molecule has 0 aromatic heterocycles. The van der Waals surface area contributed by atoms with Gasteiger partial charge >= 0.3 is 0 Å². The van der Waals surface area contributed by atoms with E-state index in [1.165, 1.54) is 0 Å². The average Bonchev–Trinajstić information content (AvgIpc) is 2.38. The molecule has 0 aliphatic carbocycles. The summed E-state index contributed by atoms with van der Waals surface area (Å²) in [6, 6.07) is 7.53. The van der Waals surface area contributed by atoms with E-state index >= 15 is 0 Å². The Morgan fingerprint density at radius 1 is 1.30 bits per heavy atom. The van der Waals surface area contributed by atoms with Gasteiger partial charge in [-0.2, -0.15) is 0 Å². The van der Waals surface area contributed by atoms with Gasteiger partial charge in [-0.05, 0) is 37.0 Å². The van der Waals surface area contributed by atoms with Gasteiger partial charge in [-0.3, -0.25) is 4.79 Å². The summed E-state index contributed by atoms with van der Waals surface area (Å²) < 4.78 is 22.6. The lowest BCUT2D eigenvalue weighted by Crippen LogP contribution is -2.37. The normalized spacial score (nSPS) is 18.6. The Bertz CT molecular complexity index is 572. The van der Waals surface area contributed by atoms with Crippen molar-refractivity contribution in [2.75, 3.05) is 18.1 Å². The Morgan fingerprint density at radius 3 is 2.65 bits per heavy atom. The van der Waals surface area contributed by atoms with Crippen molar-refractivity contribution in [2.24, 2.45) is 5.92 Å². The van der Waals surface area contributed by atoms with Crippen LogP contribution in [0.2, 0.25) is 5.02 Å². The van der Waals surface area contributed by atoms with Crippen LogP contribution in [0.4, 0.5) is 0 Å². The molecule has 0 radical (unpaired) electrons. The molecule has 1 aliphatic rings. The summed E-state index contributed by atoms with van der Waals surface area (Å²) >= 11 is 5.89. The van der Waals surface area contributed by atoms with Gasteiger partial charge in [0.15, 0.2) is 0 Å². The highest BCUT2D eigenvalue weighted by Crippen LogP contribution is 2.18. The predicted octanol–water partition coefficient (Wildman–Crippen LogP) is 1.82. The van der Waals surface area contributed by atoms with Crippen LogP contribution in [0.25, 0.3) is 0 Å². The third-order valence-electron chi connectivity index (χ3n) is 3.53. The number of carbonyl (C=O) groups excluding carboxylic acids is 1. The first-order valence-corrected chi connectivity index (χ1v) is 8.89. The quantitative estimate of drug-likeness (QED) is 0.922. The number of halogens is 1. The average molecular weight is 316 g/mol. The largest absolute Gasteiger partial charge is 0.356 e. The van der Waals surface area contributed by atoms with E-state index in [0.717, 1.165) is 12.0 Å². The Kier molecular flexibility index (Phi) is 5.05. The summed E-state index contributed by atoms with van der Waals surface area (Å²) in [6.07, 6.45) is 1.59. The molecule has 0 spiro atoms. The molecular weight excluding hydrogens is 298 g/mol. The second-order valence-electron chi connectivity index (χ2n) is 5.10. The molecule has 1 aliphatic heterocycles. The lowest BCUT2D eigenvalue weighted by atomic mass is 10.0. The van der Waals surface area contributed by atoms with Gasteiger partial charge in [0.1, 0.15) is 9.84 Å². The van der Waals surface area contributed by atoms with E-state index in [1.807, 2.05) is 24.3 Å². The van der Waals surface area contributed by atoms with Gasteiger partial charge < -0.3 is 5.32 Å². The summed E-state index contributed by atoms with van der Waals surface area (Å²) in [4.78, 5) is 11.9. The number of sulfone groups is 1. The molecule has 0 bridgehead atoms. The molecule has 1 heterocycles. The van der Waals surface area contributed by atoms with Crippen molar-refractivity contribution < 1.29 is 13.2 Å². The molecule has 2 rings (SSSR count). The maximum Gasteiger partial charge on any atom is 0.223 e. The molecule has 1 aromatic carbocycles. The van der Waals surface area contributed by atoms with E-state index < -0.39 is 9.84 Å². The SMILES string of the molecule is O=C(NCCc1cccc(Cl)c1)C1CCS(=O)(=O)CC1. The van der Waals surface area contributed by atoms with Gasteiger partial charge in [-0.1, -0.05) is 23.7 Å². The van der Waals surface area contributed by atoms with E-state index in [-0.39, 0.29) is 23.3 Å². The maximum atomic E-state index is 11.9. The highest BCUT2D eigenvalue weighted by molar-refractivity contribution is 7.91. The molecule has 110 valence electrons. The fourth-order valence-electron chi connectivity index (χ4n) is 2.32. The molecular formula is C14H18ClNO3S. The van der Waals surface area contributed by atoms with Crippen LogP contribution in [0, 0.1) is 5.92 Å². The lowest BCUT2D eigenvalue weighted by molar-refractivity contribution is -0.125. The molecule has 6 heteroatoms. The van der Waals surface area contributed by atoms with E-state index in [0.29, 0.717) is 24.4 Å². The van der Waals surface area contributed by atoms with Gasteiger partial charge in [0.05, 0.1) is 11.5 Å². The Hall–Kier alpha value is -1.07. The zero-order valence-corrected chi connectivity index (χ0v) is 12.7. The van der Waals surface area contributed by atoms with Crippen LogP contribution in [0.3, 0.4) is 0 Å². The highest BCUT2D eigenvalue weighted by atomic mass is 35.5. The van der Waals surface area contributed by atoms with Crippen molar-refractivity contribution in [1.82, 2.24) is 5.32 Å². The maximum absolute atomic E-state index is 11.9. The molecule has 20 heavy (non-hydrogen) atoms. The van der Waals surface area contributed by atoms with E-state index in [4.69, 9.17) is 11.6 Å². The second kappa shape index (κ2) is 6.59. The zero-order valence-electron chi connectivity index (χ0n) is 11.1. The first kappa shape index (κ1) is 15.3. The number of hydrogen-bond donors (Lipinski definition) is 1. The molecule has 1 saturated heterocycles. The van der Waals surface area contributed by atoms with Crippen molar-refractivity contribution in [1.29, 1.82) is 0 Å². The first-order chi connectivity index (χ1) is 9.46. The molecule has 0 saturated carbocycles. The molecule has 1 N–H and O–H groups in total. The molecule has 1 amide bonds. The minimum absolute atomic E-state index is 0.0399. The van der Waals surface area contributed by atoms with Crippen molar-refractivity contribution in [3.8, 4) is 0 Å². The lowest BCUT2D eigenvalue weighted by Gasteiger charge is -2.21. The topological polar surface area (TPSA) is 63.2 Å². The third-order valence-corrected chi connectivity index (χ3v) is 5.48. The van der Waals surface area contributed by atoms with E-state index in [9.17, 15) is 13.2 Å². The van der Waals surface area contributed by atoms with Crippen molar-refractivity contribution >= 4 is 27.3 Å². The van der Waals surface area contributed by atoms with E-state index in [1.54, 1.807) is 0 Å². The summed E-state index contributed by atoms with van der Waals surface area (Å²) in [5.74, 6) is 0.0403. The van der Waals surface area contributed by atoms with Crippen LogP contribution >= 0.6 is 11.6 Å². The standard InChI is InChI=1S/C14H18ClNO3S/c15-13-3-1-2-11(10-13)4-7-16-14(17)12-5-8-20(18,19)9-6-12/h1-3,10,12H,4-9H2,(H,16,17). The van der Waals surface area contributed by atoms with Gasteiger partial charge in [0, 0.05) is 17.5 Å². The number of rotatable bonds is 4. The first-order valence-electron chi connectivity index (χ1n) is 6.69. The Morgan fingerprint density at radius 2 is 2.00 bits per heavy atom. The summed E-state index contributed by atoms with van der Waals surface area (Å²) in [6.45, 7) is 0.544. The molecule has 1 fully saturated rings. The summed E-state index contributed by atoms with van der Waals surface area (Å²) in [7, 11) is -2.91. The Balaban J connectivity index is 1.76. The number of benzene rings is 1. The van der Waals surface area contributed by atoms with Crippen LogP contribution in [0.5, 0.6) is 0 Å². The van der Waals surface area contributed by atoms with Crippen LogP contribution in [-0.2, 0) is 21.1 Å². The fourth-order valence-corrected chi connectivity index (χ4v) is 4.02. The van der Waals surface area contributed by atoms with Crippen molar-refractivity contribution in [2.45, 2.75) is 19.3 Å². The van der Waals surface area contributed by atoms with E-state index in [2.05, 4.69) is 5.32 Å². The third kappa shape index (κ3) is 4.49. The monoisotopic (exact) mass is 315 g/mol. The minimum Gasteiger partial charge on any atom is -0.356 e. The number of nitrogens with one attached hydrogen (secondary N) is 1. The van der Waals surface area contributed by atoms with Crippen LogP contribution in [0.15, 0.2) is 24.3 Å². The molecule has 4 nitrogen and oxygen atoms in total. The van der Waals surface area contributed by atoms with Crippen molar-refractivity contribution in [3.63, 3.8) is 0 Å². The van der Waals surface area contributed by atoms with Gasteiger partial charge in [0.25, 0.3) is 0 Å². The molecule has 0 atom stereocenters. The minimum atomic E-state index is -2.91. The highest BCUT2D eigenvalue weighted by Gasteiger charge is 2.28. The summed E-state index contributed by atoms with van der Waals surface area (Å²) in [5, 5.41) is 3.56. The van der Waals surface area contributed by atoms with Gasteiger partial charge in [-0.15, -0.1) is 0 Å². The predicted molar refractivity (Wildman–Crippen MR) is 79.5 cm³/mol. The van der Waals surface area contributed by atoms with Crippen LogP contribution in [-0.4, -0.2) is 32.4 Å².